The molecule has 3 heteroatoms. The van der Waals surface area contributed by atoms with E-state index in [-0.39, 0.29) is 0 Å². The number of anilines is 1. The quantitative estimate of drug-likeness (QED) is 0.545. The Bertz CT molecular complexity index is 360. The Hall–Kier alpha value is -1.60. The molecular weight excluding hydrogens is 188 g/mol. The number of benzene rings is 1. The van der Waals surface area contributed by atoms with Crippen molar-refractivity contribution in [1.29, 1.82) is 0 Å². The van der Waals surface area contributed by atoms with Crippen molar-refractivity contribution in [3.05, 3.63) is 24.3 Å². The van der Waals surface area contributed by atoms with Gasteiger partial charge in [-0.2, -0.15) is 4.99 Å². The van der Waals surface area contributed by atoms with Gasteiger partial charge in [-0.3, -0.25) is 0 Å². The molecule has 0 unspecified atom stereocenters. The van der Waals surface area contributed by atoms with Gasteiger partial charge in [0.25, 0.3) is 0 Å². The summed E-state index contributed by atoms with van der Waals surface area (Å²) in [6.07, 6.45) is 5.43. The first-order valence-corrected chi connectivity index (χ1v) is 5.33. The molecule has 0 aromatic heterocycles. The van der Waals surface area contributed by atoms with Crippen molar-refractivity contribution in [1.82, 2.24) is 0 Å². The zero-order chi connectivity index (χ0) is 10.5. The number of carbonyl (C=O) groups excluding carboxylic acids is 1. The molecule has 78 valence electrons. The van der Waals surface area contributed by atoms with E-state index in [4.69, 9.17) is 0 Å². The summed E-state index contributed by atoms with van der Waals surface area (Å²) in [6, 6.07) is 7.74. The third kappa shape index (κ3) is 2.45. The highest BCUT2D eigenvalue weighted by Gasteiger charge is 2.09. The predicted octanol–water partition coefficient (Wildman–Crippen LogP) is 2.64. The van der Waals surface area contributed by atoms with Crippen molar-refractivity contribution in [2.24, 2.45) is 4.99 Å². The van der Waals surface area contributed by atoms with Crippen LogP contribution in [-0.2, 0) is 4.79 Å². The van der Waals surface area contributed by atoms with E-state index in [2.05, 4.69) is 9.89 Å². The molecule has 0 radical (unpaired) electrons. The predicted molar refractivity (Wildman–Crippen MR) is 60.3 cm³/mol. The maximum atomic E-state index is 10.1. The van der Waals surface area contributed by atoms with Crippen LogP contribution < -0.4 is 4.90 Å². The van der Waals surface area contributed by atoms with Gasteiger partial charge in [-0.15, -0.1) is 0 Å². The standard InChI is InChI=1S/C12H14N2O/c15-10-13-11-4-6-12(7-5-11)14-8-2-1-3-9-14/h4-7H,1-3,8-9H2. The molecule has 0 atom stereocenters. The molecule has 3 nitrogen and oxygen atoms in total. The molecule has 1 fully saturated rings. The molecule has 15 heavy (non-hydrogen) atoms. The average Bonchev–Trinajstić information content (AvgIpc) is 2.32. The molecule has 1 aromatic carbocycles. The van der Waals surface area contributed by atoms with E-state index in [1.54, 1.807) is 6.08 Å². The van der Waals surface area contributed by atoms with Gasteiger partial charge in [0.2, 0.25) is 6.08 Å². The lowest BCUT2D eigenvalue weighted by molar-refractivity contribution is 0.565. The summed E-state index contributed by atoms with van der Waals surface area (Å²) < 4.78 is 0. The van der Waals surface area contributed by atoms with Gasteiger partial charge in [-0.25, -0.2) is 4.79 Å². The van der Waals surface area contributed by atoms with Crippen molar-refractivity contribution >= 4 is 17.5 Å². The third-order valence-electron chi connectivity index (χ3n) is 2.75. The van der Waals surface area contributed by atoms with Crippen LogP contribution in [-0.4, -0.2) is 19.2 Å². The summed E-state index contributed by atoms with van der Waals surface area (Å²) in [5.74, 6) is 0. The zero-order valence-corrected chi connectivity index (χ0v) is 8.65. The van der Waals surface area contributed by atoms with Crippen molar-refractivity contribution in [2.45, 2.75) is 19.3 Å². The molecule has 2 rings (SSSR count). The number of piperidine rings is 1. The minimum atomic E-state index is 0.672. The summed E-state index contributed by atoms with van der Waals surface area (Å²) in [7, 11) is 0. The lowest BCUT2D eigenvalue weighted by Gasteiger charge is -2.28. The molecular formula is C12H14N2O. The minimum Gasteiger partial charge on any atom is -0.372 e. The van der Waals surface area contributed by atoms with Crippen molar-refractivity contribution < 1.29 is 4.79 Å². The Balaban J connectivity index is 2.11. The molecule has 0 aliphatic carbocycles. The Morgan fingerprint density at radius 3 is 2.33 bits per heavy atom. The largest absolute Gasteiger partial charge is 0.372 e. The first kappa shape index (κ1) is 9.94. The maximum absolute atomic E-state index is 10.1. The Morgan fingerprint density at radius 2 is 1.73 bits per heavy atom. The SMILES string of the molecule is O=C=Nc1ccc(N2CCCCC2)cc1. The summed E-state index contributed by atoms with van der Waals surface area (Å²) >= 11 is 0. The summed E-state index contributed by atoms with van der Waals surface area (Å²) in [5, 5.41) is 0. The van der Waals surface area contributed by atoms with Gasteiger partial charge in [-0.05, 0) is 43.5 Å². The fourth-order valence-electron chi connectivity index (χ4n) is 1.94. The van der Waals surface area contributed by atoms with E-state index in [9.17, 15) is 4.79 Å². The van der Waals surface area contributed by atoms with Gasteiger partial charge in [0.1, 0.15) is 0 Å². The van der Waals surface area contributed by atoms with Crippen molar-refractivity contribution in [3.63, 3.8) is 0 Å². The molecule has 1 aliphatic rings. The van der Waals surface area contributed by atoms with E-state index < -0.39 is 0 Å². The highest BCUT2D eigenvalue weighted by molar-refractivity contribution is 5.56. The minimum absolute atomic E-state index is 0.672. The normalized spacial score (nSPS) is 15.9. The fraction of sp³-hybridized carbons (Fsp3) is 0.417. The van der Waals surface area contributed by atoms with Gasteiger partial charge in [0.05, 0.1) is 5.69 Å². The second-order valence-electron chi connectivity index (χ2n) is 3.77. The van der Waals surface area contributed by atoms with Crippen LogP contribution in [0.5, 0.6) is 0 Å². The van der Waals surface area contributed by atoms with Gasteiger partial charge in [0, 0.05) is 18.8 Å². The second-order valence-corrected chi connectivity index (χ2v) is 3.77. The summed E-state index contributed by atoms with van der Waals surface area (Å²) in [6.45, 7) is 2.27. The van der Waals surface area contributed by atoms with Crippen LogP contribution in [0.25, 0.3) is 0 Å². The molecule has 1 aliphatic heterocycles. The van der Waals surface area contributed by atoms with Crippen molar-refractivity contribution in [2.75, 3.05) is 18.0 Å². The molecule has 0 spiro atoms. The van der Waals surface area contributed by atoms with Crippen LogP contribution in [0.3, 0.4) is 0 Å². The molecule has 1 aromatic rings. The Morgan fingerprint density at radius 1 is 1.07 bits per heavy atom. The first-order valence-electron chi connectivity index (χ1n) is 5.33. The molecule has 0 amide bonds. The monoisotopic (exact) mass is 202 g/mol. The maximum Gasteiger partial charge on any atom is 0.240 e. The van der Waals surface area contributed by atoms with Crippen LogP contribution in [0, 0.1) is 0 Å². The summed E-state index contributed by atoms with van der Waals surface area (Å²) in [4.78, 5) is 16.0. The number of nitrogens with zero attached hydrogens (tertiary/aromatic N) is 2. The first-order chi connectivity index (χ1) is 7.40. The van der Waals surface area contributed by atoms with E-state index in [0.29, 0.717) is 5.69 Å². The number of aliphatic imine (C=N–C) groups is 1. The second kappa shape index (κ2) is 4.76. The number of hydrogen-bond acceptors (Lipinski definition) is 3. The molecule has 0 bridgehead atoms. The Labute approximate surface area is 89.4 Å². The van der Waals surface area contributed by atoms with Gasteiger partial charge in [-0.1, -0.05) is 0 Å². The third-order valence-corrected chi connectivity index (χ3v) is 2.75. The molecule has 0 N–H and O–H groups in total. The number of isocyanates is 1. The zero-order valence-electron chi connectivity index (χ0n) is 8.65. The molecule has 0 saturated carbocycles. The van der Waals surface area contributed by atoms with E-state index in [0.717, 1.165) is 13.1 Å². The van der Waals surface area contributed by atoms with Crippen molar-refractivity contribution in [3.8, 4) is 0 Å². The van der Waals surface area contributed by atoms with Gasteiger partial charge >= 0.3 is 0 Å². The lowest BCUT2D eigenvalue weighted by atomic mass is 10.1. The van der Waals surface area contributed by atoms with E-state index >= 15 is 0 Å². The molecule has 1 heterocycles. The average molecular weight is 202 g/mol. The fourth-order valence-corrected chi connectivity index (χ4v) is 1.94. The lowest BCUT2D eigenvalue weighted by Crippen LogP contribution is -2.29. The highest BCUT2D eigenvalue weighted by Crippen LogP contribution is 2.22. The smallest absolute Gasteiger partial charge is 0.240 e. The van der Waals surface area contributed by atoms with Crippen LogP contribution in [0.2, 0.25) is 0 Å². The van der Waals surface area contributed by atoms with E-state index in [1.807, 2.05) is 24.3 Å². The molecule has 1 saturated heterocycles. The summed E-state index contributed by atoms with van der Waals surface area (Å²) in [5.41, 5.74) is 1.89. The van der Waals surface area contributed by atoms with Crippen LogP contribution in [0.1, 0.15) is 19.3 Å². The number of hydrogen-bond donors (Lipinski definition) is 0. The van der Waals surface area contributed by atoms with E-state index in [1.165, 1.54) is 24.9 Å². The van der Waals surface area contributed by atoms with Crippen LogP contribution >= 0.6 is 0 Å². The van der Waals surface area contributed by atoms with Gasteiger partial charge in [0.15, 0.2) is 0 Å². The van der Waals surface area contributed by atoms with Gasteiger partial charge < -0.3 is 4.90 Å². The Kier molecular flexibility index (Phi) is 3.15. The number of rotatable bonds is 2. The highest BCUT2D eigenvalue weighted by atomic mass is 16.1. The van der Waals surface area contributed by atoms with Crippen LogP contribution in [0.15, 0.2) is 29.3 Å². The topological polar surface area (TPSA) is 32.7 Å². The van der Waals surface area contributed by atoms with Crippen LogP contribution in [0.4, 0.5) is 11.4 Å².